The second-order valence-corrected chi connectivity index (χ2v) is 5.27. The first-order valence-corrected chi connectivity index (χ1v) is 5.37. The predicted octanol–water partition coefficient (Wildman–Crippen LogP) is 1.41. The highest BCUT2D eigenvalue weighted by Crippen LogP contribution is 2.31. The molecule has 1 rings (SSSR count). The third-order valence-corrected chi connectivity index (χ3v) is 4.00. The summed E-state index contributed by atoms with van der Waals surface area (Å²) < 4.78 is 11.3. The van der Waals surface area contributed by atoms with E-state index in [0.717, 1.165) is 12.2 Å². The van der Waals surface area contributed by atoms with Gasteiger partial charge in [0.2, 0.25) is 0 Å². The van der Waals surface area contributed by atoms with Crippen molar-refractivity contribution in [2.75, 3.05) is 11.5 Å². The molecule has 1 aliphatic heterocycles. The van der Waals surface area contributed by atoms with Crippen LogP contribution in [0.3, 0.4) is 0 Å². The normalized spacial score (nSPS) is 44.8. The molecule has 1 heterocycles. The van der Waals surface area contributed by atoms with Crippen molar-refractivity contribution in [1.29, 1.82) is 0 Å². The van der Waals surface area contributed by atoms with Crippen molar-refractivity contribution in [1.82, 2.24) is 0 Å². The first-order valence-electron chi connectivity index (χ1n) is 3.88. The minimum absolute atomic E-state index is 0.109. The first-order chi connectivity index (χ1) is 5.06. The van der Waals surface area contributed by atoms with Crippen LogP contribution in [0.2, 0.25) is 0 Å². The Morgan fingerprint density at radius 3 is 2.82 bits per heavy atom. The van der Waals surface area contributed by atoms with Gasteiger partial charge in [0, 0.05) is 27.7 Å². The van der Waals surface area contributed by atoms with Gasteiger partial charge in [0.15, 0.2) is 0 Å². The van der Waals surface area contributed by atoms with Crippen LogP contribution in [-0.2, 0) is 10.8 Å². The van der Waals surface area contributed by atoms with Crippen LogP contribution in [0.1, 0.15) is 20.3 Å². The lowest BCUT2D eigenvalue weighted by Gasteiger charge is -2.31. The molecule has 3 unspecified atom stereocenters. The van der Waals surface area contributed by atoms with E-state index in [0.29, 0.717) is 11.7 Å². The lowest BCUT2D eigenvalue weighted by Crippen LogP contribution is -2.33. The Morgan fingerprint density at radius 1 is 1.73 bits per heavy atom. The summed E-state index contributed by atoms with van der Waals surface area (Å²) in [5, 5.41) is 0. The Labute approximate surface area is 71.0 Å². The topological polar surface area (TPSA) is 17.1 Å². The maximum absolute atomic E-state index is 11.3. The zero-order chi connectivity index (χ0) is 8.48. The van der Waals surface area contributed by atoms with Crippen molar-refractivity contribution < 1.29 is 4.21 Å². The lowest BCUT2D eigenvalue weighted by molar-refractivity contribution is 0.371. The van der Waals surface area contributed by atoms with Crippen LogP contribution in [0.15, 0.2) is 0 Å². The summed E-state index contributed by atoms with van der Waals surface area (Å²) in [4.78, 5) is 0. The molecule has 1 aliphatic rings. The Morgan fingerprint density at radius 2 is 2.36 bits per heavy atom. The zero-order valence-corrected chi connectivity index (χ0v) is 7.91. The van der Waals surface area contributed by atoms with Gasteiger partial charge in [-0.25, -0.2) is 0 Å². The molecule has 2 heteroatoms. The number of rotatable bonds is 0. The monoisotopic (exact) mass is 170 g/mol. The molecule has 0 aromatic carbocycles. The van der Waals surface area contributed by atoms with Gasteiger partial charge in [-0.05, 0) is 19.3 Å². The van der Waals surface area contributed by atoms with Crippen molar-refractivity contribution >= 4 is 10.8 Å². The van der Waals surface area contributed by atoms with Crippen LogP contribution < -0.4 is 0 Å². The Kier molecular flexibility index (Phi) is 2.39. The van der Waals surface area contributed by atoms with E-state index in [-0.39, 0.29) is 5.41 Å². The maximum atomic E-state index is 11.3. The molecular weight excluding hydrogens is 156 g/mol. The summed E-state index contributed by atoms with van der Waals surface area (Å²) in [6.45, 7) is 4.15. The summed E-state index contributed by atoms with van der Waals surface area (Å²) >= 11 is 0. The molecule has 62 valence electrons. The third kappa shape index (κ3) is 2.07. The van der Waals surface area contributed by atoms with E-state index in [1.54, 1.807) is 0 Å². The predicted molar refractivity (Wildman–Crippen MR) is 48.6 cm³/mol. The Balaban J connectivity index is 2.72. The van der Waals surface area contributed by atoms with E-state index < -0.39 is 10.8 Å². The van der Waals surface area contributed by atoms with Gasteiger partial charge in [-0.3, -0.25) is 4.21 Å². The van der Waals surface area contributed by atoms with Crippen LogP contribution in [0.4, 0.5) is 0 Å². The highest BCUT2D eigenvalue weighted by Gasteiger charge is 2.32. The summed E-state index contributed by atoms with van der Waals surface area (Å²) in [5.74, 6) is 4.79. The van der Waals surface area contributed by atoms with E-state index in [2.05, 4.69) is 12.8 Å². The van der Waals surface area contributed by atoms with Gasteiger partial charge in [0.25, 0.3) is 0 Å². The molecule has 0 amide bonds. The SMILES string of the molecule is C#CC1(C)CC(C)CS(=O)C1. The number of hydrogen-bond acceptors (Lipinski definition) is 1. The van der Waals surface area contributed by atoms with Crippen LogP contribution in [-0.4, -0.2) is 15.7 Å². The number of terminal acetylenes is 1. The van der Waals surface area contributed by atoms with Crippen molar-refractivity contribution in [3.05, 3.63) is 0 Å². The molecule has 0 N–H and O–H groups in total. The van der Waals surface area contributed by atoms with Crippen molar-refractivity contribution in [3.8, 4) is 12.3 Å². The van der Waals surface area contributed by atoms with Crippen LogP contribution in [0.5, 0.6) is 0 Å². The van der Waals surface area contributed by atoms with Crippen LogP contribution >= 0.6 is 0 Å². The minimum atomic E-state index is -0.682. The largest absolute Gasteiger partial charge is 0.260 e. The van der Waals surface area contributed by atoms with Crippen LogP contribution in [0.25, 0.3) is 0 Å². The van der Waals surface area contributed by atoms with Crippen molar-refractivity contribution in [3.63, 3.8) is 0 Å². The summed E-state index contributed by atoms with van der Waals surface area (Å²) in [6.07, 6.45) is 6.40. The van der Waals surface area contributed by atoms with Crippen LogP contribution in [0, 0.1) is 23.7 Å². The van der Waals surface area contributed by atoms with Crippen molar-refractivity contribution in [2.45, 2.75) is 20.3 Å². The fourth-order valence-electron chi connectivity index (χ4n) is 1.72. The fourth-order valence-corrected chi connectivity index (χ4v) is 3.50. The molecule has 3 atom stereocenters. The molecule has 1 saturated heterocycles. The van der Waals surface area contributed by atoms with Gasteiger partial charge in [-0.15, -0.1) is 6.42 Å². The highest BCUT2D eigenvalue weighted by atomic mass is 32.2. The Hall–Kier alpha value is -0.290. The van der Waals surface area contributed by atoms with Gasteiger partial charge in [0.1, 0.15) is 0 Å². The zero-order valence-electron chi connectivity index (χ0n) is 7.09. The first kappa shape index (κ1) is 8.80. The summed E-state index contributed by atoms with van der Waals surface area (Å²) in [6, 6.07) is 0. The average molecular weight is 170 g/mol. The Bertz CT molecular complexity index is 216. The summed E-state index contributed by atoms with van der Waals surface area (Å²) in [5.41, 5.74) is -0.109. The quantitative estimate of drug-likeness (QED) is 0.502. The third-order valence-electron chi connectivity index (χ3n) is 2.10. The van der Waals surface area contributed by atoms with Gasteiger partial charge in [-0.2, -0.15) is 0 Å². The minimum Gasteiger partial charge on any atom is -0.260 e. The lowest BCUT2D eigenvalue weighted by atomic mass is 9.84. The van der Waals surface area contributed by atoms with E-state index in [1.165, 1.54) is 0 Å². The van der Waals surface area contributed by atoms with E-state index in [1.807, 2.05) is 6.92 Å². The van der Waals surface area contributed by atoms with Gasteiger partial charge >= 0.3 is 0 Å². The standard InChI is InChI=1S/C9H14OS/c1-4-9(3)5-8(2)6-11(10)7-9/h1,8H,5-7H2,2-3H3. The summed E-state index contributed by atoms with van der Waals surface area (Å²) in [7, 11) is -0.682. The van der Waals surface area contributed by atoms with Crippen molar-refractivity contribution in [2.24, 2.45) is 11.3 Å². The van der Waals surface area contributed by atoms with Gasteiger partial charge in [-0.1, -0.05) is 12.8 Å². The second kappa shape index (κ2) is 2.98. The second-order valence-electron chi connectivity index (χ2n) is 3.77. The average Bonchev–Trinajstić information content (AvgIpc) is 1.84. The number of hydrogen-bond donors (Lipinski definition) is 0. The molecule has 1 nitrogen and oxygen atoms in total. The fraction of sp³-hybridized carbons (Fsp3) is 0.778. The molecule has 0 aromatic rings. The molecule has 0 spiro atoms. The van der Waals surface area contributed by atoms with E-state index in [4.69, 9.17) is 6.42 Å². The molecule has 0 aliphatic carbocycles. The van der Waals surface area contributed by atoms with E-state index in [9.17, 15) is 4.21 Å². The maximum Gasteiger partial charge on any atom is 0.0401 e. The van der Waals surface area contributed by atoms with E-state index >= 15 is 0 Å². The smallest absolute Gasteiger partial charge is 0.0401 e. The molecule has 11 heavy (non-hydrogen) atoms. The molecule has 0 saturated carbocycles. The molecular formula is C9H14OS. The van der Waals surface area contributed by atoms with Gasteiger partial charge in [0.05, 0.1) is 0 Å². The molecule has 0 radical (unpaired) electrons. The molecule has 0 aromatic heterocycles. The molecule has 0 bridgehead atoms. The molecule has 1 fully saturated rings. The highest BCUT2D eigenvalue weighted by molar-refractivity contribution is 7.85. The van der Waals surface area contributed by atoms with Gasteiger partial charge < -0.3 is 0 Å².